The number of ether oxygens (including phenoxy) is 1. The molecule has 1 aromatic carbocycles. The summed E-state index contributed by atoms with van der Waals surface area (Å²) in [6, 6.07) is 9.81. The summed E-state index contributed by atoms with van der Waals surface area (Å²) in [6.07, 6.45) is 1.69. The molecule has 0 spiro atoms. The van der Waals surface area contributed by atoms with Gasteiger partial charge in [-0.1, -0.05) is 37.3 Å². The monoisotopic (exact) mass is 260 g/mol. The number of carbonyl (C=O) groups is 1. The standard InChI is InChI=1S/C16H22NO2/c1-6-14(15(18)19-16(3,4)5)17-12(2)13-10-8-7-9-11-13/h6-12H,1-5H3/t12-/m0/s1. The van der Waals surface area contributed by atoms with Crippen molar-refractivity contribution in [3.05, 3.63) is 42.3 Å². The number of carbonyl (C=O) groups excluding carboxylic acids is 1. The summed E-state index contributed by atoms with van der Waals surface area (Å²) >= 11 is 0. The Morgan fingerprint density at radius 3 is 2.32 bits per heavy atom. The number of benzene rings is 1. The van der Waals surface area contributed by atoms with Gasteiger partial charge in [0, 0.05) is 6.42 Å². The second kappa shape index (κ2) is 6.50. The molecule has 0 amide bonds. The van der Waals surface area contributed by atoms with Gasteiger partial charge in [0.1, 0.15) is 11.3 Å². The smallest absolute Gasteiger partial charge is 0.353 e. The number of esters is 1. The predicted molar refractivity (Wildman–Crippen MR) is 78.1 cm³/mol. The normalized spacial score (nSPS) is 14.1. The van der Waals surface area contributed by atoms with Crippen LogP contribution in [0, 0.1) is 6.42 Å². The van der Waals surface area contributed by atoms with Crippen molar-refractivity contribution in [2.45, 2.75) is 46.3 Å². The van der Waals surface area contributed by atoms with E-state index < -0.39 is 5.60 Å². The molecule has 1 rings (SSSR count). The molecule has 0 saturated heterocycles. The highest BCUT2D eigenvalue weighted by molar-refractivity contribution is 6.40. The summed E-state index contributed by atoms with van der Waals surface area (Å²) in [4.78, 5) is 16.4. The van der Waals surface area contributed by atoms with Crippen LogP contribution in [0.25, 0.3) is 0 Å². The van der Waals surface area contributed by atoms with Crippen molar-refractivity contribution in [1.82, 2.24) is 0 Å². The van der Waals surface area contributed by atoms with E-state index in [1.165, 1.54) is 0 Å². The highest BCUT2D eigenvalue weighted by Gasteiger charge is 2.20. The van der Waals surface area contributed by atoms with E-state index >= 15 is 0 Å². The lowest BCUT2D eigenvalue weighted by Gasteiger charge is -2.20. The van der Waals surface area contributed by atoms with Gasteiger partial charge in [-0.15, -0.1) is 0 Å². The average Bonchev–Trinajstić information content (AvgIpc) is 2.34. The molecule has 1 aromatic rings. The van der Waals surface area contributed by atoms with E-state index in [1.54, 1.807) is 13.3 Å². The molecule has 3 heteroatoms. The summed E-state index contributed by atoms with van der Waals surface area (Å²) in [6.45, 7) is 9.29. The molecule has 0 fully saturated rings. The first-order valence-electron chi connectivity index (χ1n) is 6.49. The van der Waals surface area contributed by atoms with Crippen LogP contribution < -0.4 is 0 Å². The van der Waals surface area contributed by atoms with E-state index in [2.05, 4.69) is 4.99 Å². The number of hydrogen-bond donors (Lipinski definition) is 0. The van der Waals surface area contributed by atoms with E-state index in [0.717, 1.165) is 5.56 Å². The maximum absolute atomic E-state index is 12.0. The molecule has 0 aliphatic carbocycles. The van der Waals surface area contributed by atoms with Crippen molar-refractivity contribution in [2.75, 3.05) is 0 Å². The van der Waals surface area contributed by atoms with E-state index in [-0.39, 0.29) is 12.0 Å². The van der Waals surface area contributed by atoms with Crippen LogP contribution >= 0.6 is 0 Å². The Hall–Kier alpha value is -1.64. The SMILES string of the molecule is C[CH]C(=N[C@@H](C)c1ccccc1)C(=O)OC(C)(C)C. The Morgan fingerprint density at radius 2 is 1.84 bits per heavy atom. The first kappa shape index (κ1) is 15.4. The third-order valence-corrected chi connectivity index (χ3v) is 2.50. The quantitative estimate of drug-likeness (QED) is 0.611. The van der Waals surface area contributed by atoms with Crippen molar-refractivity contribution in [1.29, 1.82) is 0 Å². The third-order valence-electron chi connectivity index (χ3n) is 2.50. The van der Waals surface area contributed by atoms with Gasteiger partial charge in [-0.25, -0.2) is 4.79 Å². The average molecular weight is 260 g/mol. The molecule has 0 heterocycles. The summed E-state index contributed by atoms with van der Waals surface area (Å²) in [5, 5.41) is 0. The summed E-state index contributed by atoms with van der Waals surface area (Å²) in [5.74, 6) is -0.377. The molecular weight excluding hydrogens is 238 g/mol. The molecule has 0 aromatic heterocycles. The number of hydrogen-bond acceptors (Lipinski definition) is 3. The first-order valence-corrected chi connectivity index (χ1v) is 6.49. The highest BCUT2D eigenvalue weighted by Crippen LogP contribution is 2.17. The second-order valence-electron chi connectivity index (χ2n) is 5.39. The fraction of sp³-hybridized carbons (Fsp3) is 0.438. The highest BCUT2D eigenvalue weighted by atomic mass is 16.6. The van der Waals surface area contributed by atoms with Crippen molar-refractivity contribution in [2.24, 2.45) is 4.99 Å². The van der Waals surface area contributed by atoms with E-state index in [0.29, 0.717) is 5.71 Å². The van der Waals surface area contributed by atoms with Crippen LogP contribution in [-0.2, 0) is 9.53 Å². The maximum atomic E-state index is 12.0. The third kappa shape index (κ3) is 5.25. The number of nitrogens with zero attached hydrogens (tertiary/aromatic N) is 1. The zero-order valence-electron chi connectivity index (χ0n) is 12.3. The topological polar surface area (TPSA) is 38.7 Å². The fourth-order valence-corrected chi connectivity index (χ4v) is 1.59. The van der Waals surface area contributed by atoms with Gasteiger partial charge < -0.3 is 4.74 Å². The van der Waals surface area contributed by atoms with E-state index in [1.807, 2.05) is 58.0 Å². The van der Waals surface area contributed by atoms with Crippen LogP contribution in [0.1, 0.15) is 46.2 Å². The minimum Gasteiger partial charge on any atom is -0.455 e. The molecule has 1 atom stereocenters. The largest absolute Gasteiger partial charge is 0.455 e. The molecular formula is C16H22NO2. The van der Waals surface area contributed by atoms with Gasteiger partial charge in [-0.2, -0.15) is 0 Å². The van der Waals surface area contributed by atoms with Gasteiger partial charge in [0.25, 0.3) is 0 Å². The number of aliphatic imine (C=N–C) groups is 1. The van der Waals surface area contributed by atoms with E-state index in [4.69, 9.17) is 4.74 Å². The summed E-state index contributed by atoms with van der Waals surface area (Å²) in [7, 11) is 0. The lowest BCUT2D eigenvalue weighted by molar-refractivity contribution is -0.146. The Morgan fingerprint density at radius 1 is 1.26 bits per heavy atom. The van der Waals surface area contributed by atoms with Crippen LogP contribution in [0.5, 0.6) is 0 Å². The summed E-state index contributed by atoms with van der Waals surface area (Å²) in [5.41, 5.74) is 0.938. The van der Waals surface area contributed by atoms with Crippen molar-refractivity contribution in [3.8, 4) is 0 Å². The second-order valence-corrected chi connectivity index (χ2v) is 5.39. The molecule has 0 unspecified atom stereocenters. The van der Waals surface area contributed by atoms with Crippen LogP contribution in [-0.4, -0.2) is 17.3 Å². The lowest BCUT2D eigenvalue weighted by Crippen LogP contribution is -2.29. The van der Waals surface area contributed by atoms with Crippen molar-refractivity contribution >= 4 is 11.7 Å². The zero-order valence-corrected chi connectivity index (χ0v) is 12.3. The van der Waals surface area contributed by atoms with Crippen LogP contribution in [0.3, 0.4) is 0 Å². The van der Waals surface area contributed by atoms with Gasteiger partial charge in [0.2, 0.25) is 0 Å². The fourth-order valence-electron chi connectivity index (χ4n) is 1.59. The number of rotatable bonds is 4. The van der Waals surface area contributed by atoms with Crippen LogP contribution in [0.4, 0.5) is 0 Å². The molecule has 3 nitrogen and oxygen atoms in total. The van der Waals surface area contributed by atoms with Gasteiger partial charge in [-0.05, 0) is 33.3 Å². The Balaban J connectivity index is 2.85. The zero-order chi connectivity index (χ0) is 14.5. The van der Waals surface area contributed by atoms with Gasteiger partial charge in [0.15, 0.2) is 0 Å². The Labute approximate surface area is 115 Å². The van der Waals surface area contributed by atoms with Crippen LogP contribution in [0.2, 0.25) is 0 Å². The molecule has 0 aliphatic rings. The molecule has 19 heavy (non-hydrogen) atoms. The molecule has 0 aliphatic heterocycles. The van der Waals surface area contributed by atoms with Crippen molar-refractivity contribution < 1.29 is 9.53 Å². The summed E-state index contributed by atoms with van der Waals surface area (Å²) < 4.78 is 5.33. The first-order chi connectivity index (χ1) is 8.83. The van der Waals surface area contributed by atoms with Crippen molar-refractivity contribution in [3.63, 3.8) is 0 Å². The predicted octanol–water partition coefficient (Wildman–Crippen LogP) is 3.75. The molecule has 1 radical (unpaired) electrons. The van der Waals surface area contributed by atoms with Gasteiger partial charge >= 0.3 is 5.97 Å². The molecule has 0 bridgehead atoms. The molecule has 0 saturated carbocycles. The Bertz CT molecular complexity index is 444. The van der Waals surface area contributed by atoms with Gasteiger partial charge in [-0.3, -0.25) is 4.99 Å². The minimum absolute atomic E-state index is 0.0695. The van der Waals surface area contributed by atoms with Gasteiger partial charge in [0.05, 0.1) is 6.04 Å². The molecule has 103 valence electrons. The maximum Gasteiger partial charge on any atom is 0.353 e. The molecule has 0 N–H and O–H groups in total. The minimum atomic E-state index is -0.503. The van der Waals surface area contributed by atoms with E-state index in [9.17, 15) is 4.79 Å². The Kier molecular flexibility index (Phi) is 5.28. The lowest BCUT2D eigenvalue weighted by atomic mass is 10.1. The van der Waals surface area contributed by atoms with Crippen LogP contribution in [0.15, 0.2) is 35.3 Å².